The zero-order valence-electron chi connectivity index (χ0n) is 10.2. The quantitative estimate of drug-likeness (QED) is 0.494. The van der Waals surface area contributed by atoms with Gasteiger partial charge < -0.3 is 4.57 Å². The summed E-state index contributed by atoms with van der Waals surface area (Å²) in [5.41, 5.74) is 3.26. The number of nitrogens with zero attached hydrogens (tertiary/aromatic N) is 1. The molecule has 0 saturated carbocycles. The molecule has 0 unspecified atom stereocenters. The summed E-state index contributed by atoms with van der Waals surface area (Å²) < 4.78 is 1.34. The molecular weight excluding hydrogens is 266 g/mol. The topological polar surface area (TPSA) is 77.1 Å². The number of rotatable bonds is 2. The lowest BCUT2D eigenvalue weighted by Crippen LogP contribution is -2.31. The van der Waals surface area contributed by atoms with Crippen LogP contribution in [0, 0.1) is 0 Å². The Morgan fingerprint density at radius 3 is 2.53 bits per heavy atom. The number of amides is 1. The second-order valence-corrected chi connectivity index (χ2v) is 4.48. The number of hydrazine groups is 1. The minimum absolute atomic E-state index is 0.198. The molecule has 0 aliphatic rings. The van der Waals surface area contributed by atoms with Crippen LogP contribution in [0.4, 0.5) is 0 Å². The van der Waals surface area contributed by atoms with Gasteiger partial charge in [-0.15, -0.1) is 0 Å². The zero-order valence-corrected chi connectivity index (χ0v) is 10.9. The van der Waals surface area contributed by atoms with Gasteiger partial charge in [0.25, 0.3) is 11.5 Å². The SMILES string of the molecule is Cn1cc(C(=O)NN)cc(-c2ccc(Cl)cc2)c1=O. The highest BCUT2D eigenvalue weighted by Gasteiger charge is 2.11. The molecule has 0 bridgehead atoms. The summed E-state index contributed by atoms with van der Waals surface area (Å²) in [6.07, 6.45) is 1.43. The van der Waals surface area contributed by atoms with E-state index in [0.717, 1.165) is 0 Å². The number of benzene rings is 1. The number of nitrogens with one attached hydrogen (secondary N) is 1. The van der Waals surface area contributed by atoms with Gasteiger partial charge in [-0.05, 0) is 23.8 Å². The van der Waals surface area contributed by atoms with Crippen molar-refractivity contribution >= 4 is 17.5 Å². The van der Waals surface area contributed by atoms with Gasteiger partial charge in [-0.2, -0.15) is 0 Å². The van der Waals surface area contributed by atoms with Crippen LogP contribution < -0.4 is 16.8 Å². The van der Waals surface area contributed by atoms with Crippen LogP contribution in [-0.2, 0) is 7.05 Å². The highest BCUT2D eigenvalue weighted by Crippen LogP contribution is 2.19. The van der Waals surface area contributed by atoms with Crippen molar-refractivity contribution in [1.29, 1.82) is 0 Å². The number of pyridine rings is 1. The van der Waals surface area contributed by atoms with Gasteiger partial charge in [-0.25, -0.2) is 5.84 Å². The van der Waals surface area contributed by atoms with Crippen molar-refractivity contribution in [3.63, 3.8) is 0 Å². The first-order valence-electron chi connectivity index (χ1n) is 5.50. The maximum Gasteiger partial charge on any atom is 0.266 e. The van der Waals surface area contributed by atoms with E-state index in [1.165, 1.54) is 16.8 Å². The van der Waals surface area contributed by atoms with Gasteiger partial charge in [0.15, 0.2) is 0 Å². The van der Waals surface area contributed by atoms with Crippen molar-refractivity contribution < 1.29 is 4.79 Å². The van der Waals surface area contributed by atoms with E-state index >= 15 is 0 Å². The number of carbonyl (C=O) groups is 1. The van der Waals surface area contributed by atoms with Crippen molar-refractivity contribution in [1.82, 2.24) is 9.99 Å². The van der Waals surface area contributed by atoms with Gasteiger partial charge in [0, 0.05) is 23.8 Å². The Hall–Kier alpha value is -2.11. The van der Waals surface area contributed by atoms with E-state index in [9.17, 15) is 9.59 Å². The fraction of sp³-hybridized carbons (Fsp3) is 0.0769. The highest BCUT2D eigenvalue weighted by atomic mass is 35.5. The zero-order chi connectivity index (χ0) is 14.0. The van der Waals surface area contributed by atoms with E-state index in [0.29, 0.717) is 21.7 Å². The van der Waals surface area contributed by atoms with Gasteiger partial charge in [-0.3, -0.25) is 15.0 Å². The molecule has 98 valence electrons. The number of hydrogen-bond acceptors (Lipinski definition) is 3. The molecular formula is C13H12ClN3O2. The Kier molecular flexibility index (Phi) is 3.69. The third kappa shape index (κ3) is 2.67. The van der Waals surface area contributed by atoms with Gasteiger partial charge in [0.1, 0.15) is 0 Å². The average molecular weight is 278 g/mol. The predicted octanol–water partition coefficient (Wildman–Crippen LogP) is 1.31. The Balaban J connectivity index is 2.62. The molecule has 2 aromatic rings. The third-order valence-corrected chi connectivity index (χ3v) is 2.98. The number of halogens is 1. The van der Waals surface area contributed by atoms with Crippen molar-refractivity contribution in [2.45, 2.75) is 0 Å². The number of aromatic nitrogens is 1. The largest absolute Gasteiger partial charge is 0.317 e. The Morgan fingerprint density at radius 1 is 1.32 bits per heavy atom. The van der Waals surface area contributed by atoms with Crippen LogP contribution in [0.3, 0.4) is 0 Å². The van der Waals surface area contributed by atoms with Crippen LogP contribution in [0.1, 0.15) is 10.4 Å². The number of nitrogen functional groups attached to an aromatic ring is 1. The lowest BCUT2D eigenvalue weighted by molar-refractivity contribution is 0.0953. The third-order valence-electron chi connectivity index (χ3n) is 2.73. The smallest absolute Gasteiger partial charge is 0.266 e. The number of hydrogen-bond donors (Lipinski definition) is 2. The summed E-state index contributed by atoms with van der Waals surface area (Å²) in [5.74, 6) is 4.64. The van der Waals surface area contributed by atoms with E-state index in [1.54, 1.807) is 31.3 Å². The number of carbonyl (C=O) groups excluding carboxylic acids is 1. The second-order valence-electron chi connectivity index (χ2n) is 4.04. The maximum absolute atomic E-state index is 12.1. The van der Waals surface area contributed by atoms with E-state index < -0.39 is 5.91 Å². The van der Waals surface area contributed by atoms with Crippen LogP contribution in [0.25, 0.3) is 11.1 Å². The van der Waals surface area contributed by atoms with Crippen molar-refractivity contribution in [3.8, 4) is 11.1 Å². The summed E-state index contributed by atoms with van der Waals surface area (Å²) in [7, 11) is 1.58. The molecule has 3 N–H and O–H groups in total. The van der Waals surface area contributed by atoms with Crippen molar-refractivity contribution in [2.75, 3.05) is 0 Å². The Labute approximate surface area is 114 Å². The summed E-state index contributed by atoms with van der Waals surface area (Å²) in [4.78, 5) is 23.6. The summed E-state index contributed by atoms with van der Waals surface area (Å²) >= 11 is 5.81. The van der Waals surface area contributed by atoms with E-state index in [2.05, 4.69) is 0 Å². The Bertz CT molecular complexity index is 677. The first kappa shape index (κ1) is 13.3. The average Bonchev–Trinajstić information content (AvgIpc) is 2.42. The standard InChI is InChI=1S/C13H12ClN3O2/c1-17-7-9(12(18)16-15)6-11(13(17)19)8-2-4-10(14)5-3-8/h2-7H,15H2,1H3,(H,16,18). The van der Waals surface area contributed by atoms with E-state index in [-0.39, 0.29) is 5.56 Å². The second kappa shape index (κ2) is 5.26. The van der Waals surface area contributed by atoms with Crippen LogP contribution in [0.15, 0.2) is 41.3 Å². The molecule has 0 fully saturated rings. The first-order valence-corrected chi connectivity index (χ1v) is 5.88. The molecule has 5 nitrogen and oxygen atoms in total. The van der Waals surface area contributed by atoms with Crippen molar-refractivity contribution in [3.05, 3.63) is 57.5 Å². The Morgan fingerprint density at radius 2 is 1.95 bits per heavy atom. The predicted molar refractivity (Wildman–Crippen MR) is 73.8 cm³/mol. The van der Waals surface area contributed by atoms with Crippen LogP contribution >= 0.6 is 11.6 Å². The summed E-state index contributed by atoms with van der Waals surface area (Å²) in [5, 5.41) is 0.580. The van der Waals surface area contributed by atoms with Gasteiger partial charge >= 0.3 is 0 Å². The molecule has 0 aliphatic carbocycles. The molecule has 19 heavy (non-hydrogen) atoms. The number of aryl methyl sites for hydroxylation is 1. The van der Waals surface area contributed by atoms with Crippen LogP contribution in [0.5, 0.6) is 0 Å². The molecule has 0 saturated heterocycles. The minimum atomic E-state index is -0.453. The molecule has 1 amide bonds. The maximum atomic E-state index is 12.1. The molecule has 0 atom stereocenters. The molecule has 1 aromatic carbocycles. The molecule has 0 spiro atoms. The van der Waals surface area contributed by atoms with Crippen molar-refractivity contribution in [2.24, 2.45) is 12.9 Å². The molecule has 1 heterocycles. The molecule has 6 heteroatoms. The number of nitrogens with two attached hydrogens (primary N) is 1. The molecule has 2 rings (SSSR count). The van der Waals surface area contributed by atoms with Gasteiger partial charge in [-0.1, -0.05) is 23.7 Å². The first-order chi connectivity index (χ1) is 9.02. The summed E-state index contributed by atoms with van der Waals surface area (Å²) in [6, 6.07) is 8.33. The lowest BCUT2D eigenvalue weighted by atomic mass is 10.1. The monoisotopic (exact) mass is 277 g/mol. The van der Waals surface area contributed by atoms with E-state index in [1.807, 2.05) is 5.43 Å². The summed E-state index contributed by atoms with van der Waals surface area (Å²) in [6.45, 7) is 0. The van der Waals surface area contributed by atoms with Gasteiger partial charge in [0.2, 0.25) is 0 Å². The minimum Gasteiger partial charge on any atom is -0.317 e. The molecule has 0 radical (unpaired) electrons. The fourth-order valence-electron chi connectivity index (χ4n) is 1.76. The van der Waals surface area contributed by atoms with Crippen LogP contribution in [0.2, 0.25) is 5.02 Å². The van der Waals surface area contributed by atoms with E-state index in [4.69, 9.17) is 17.4 Å². The molecule has 0 aliphatic heterocycles. The molecule has 1 aromatic heterocycles. The fourth-order valence-corrected chi connectivity index (χ4v) is 1.88. The highest BCUT2D eigenvalue weighted by molar-refractivity contribution is 6.30. The van der Waals surface area contributed by atoms with Gasteiger partial charge in [0.05, 0.1) is 5.56 Å². The normalized spacial score (nSPS) is 10.3. The van der Waals surface area contributed by atoms with Crippen LogP contribution in [-0.4, -0.2) is 10.5 Å². The lowest BCUT2D eigenvalue weighted by Gasteiger charge is -2.07.